The zero-order chi connectivity index (χ0) is 18.0. The summed E-state index contributed by atoms with van der Waals surface area (Å²) in [5.41, 5.74) is 1.79. The molecule has 24 heavy (non-hydrogen) atoms. The highest BCUT2D eigenvalue weighted by Gasteiger charge is 2.38. The summed E-state index contributed by atoms with van der Waals surface area (Å²) in [6, 6.07) is 12.2. The van der Waals surface area contributed by atoms with E-state index in [0.717, 1.165) is 11.3 Å². The molecule has 0 radical (unpaired) electrons. The van der Waals surface area contributed by atoms with Crippen LogP contribution in [0, 0.1) is 5.82 Å². The third-order valence-electron chi connectivity index (χ3n) is 4.54. The number of oxime groups is 1. The van der Waals surface area contributed by atoms with Gasteiger partial charge in [0.25, 0.3) is 0 Å². The fraction of sp³-hybridized carbons (Fsp3) is 0.316. The molecule has 128 valence electrons. The Morgan fingerprint density at radius 2 is 1.71 bits per heavy atom. The second-order valence-electron chi connectivity index (χ2n) is 7.37. The summed E-state index contributed by atoms with van der Waals surface area (Å²) >= 11 is 0. The first kappa shape index (κ1) is 18.2. The van der Waals surface area contributed by atoms with Gasteiger partial charge in [0.15, 0.2) is 0 Å². The van der Waals surface area contributed by atoms with Crippen molar-refractivity contribution in [1.29, 1.82) is 0 Å². The smallest absolute Gasteiger partial charge is 0.250 e. The summed E-state index contributed by atoms with van der Waals surface area (Å²) in [6.45, 7) is 11.0. The van der Waals surface area contributed by atoms with E-state index >= 15 is 0 Å². The summed E-state index contributed by atoms with van der Waals surface area (Å²) in [4.78, 5) is 0. The molecule has 0 amide bonds. The molecule has 2 rings (SSSR count). The highest BCUT2D eigenvalue weighted by Crippen LogP contribution is 2.37. The van der Waals surface area contributed by atoms with E-state index in [-0.39, 0.29) is 10.9 Å². The average molecular weight is 345 g/mol. The molecule has 0 atom stereocenters. The van der Waals surface area contributed by atoms with Gasteiger partial charge in [-0.25, -0.2) is 4.39 Å². The maximum atomic E-state index is 14.2. The molecule has 0 fully saturated rings. The molecule has 5 heteroatoms. The van der Waals surface area contributed by atoms with E-state index in [0.29, 0.717) is 11.1 Å². The third kappa shape index (κ3) is 4.03. The molecule has 1 N–H and O–H groups in total. The van der Waals surface area contributed by atoms with Crippen LogP contribution in [0.2, 0.25) is 18.1 Å². The molecule has 0 bridgehead atoms. The van der Waals surface area contributed by atoms with Gasteiger partial charge in [-0.1, -0.05) is 50.2 Å². The first-order valence-corrected chi connectivity index (χ1v) is 10.8. The first-order valence-electron chi connectivity index (χ1n) is 7.90. The van der Waals surface area contributed by atoms with E-state index in [2.05, 4.69) is 39.0 Å². The maximum absolute atomic E-state index is 14.2. The Balaban J connectivity index is 2.24. The molecular weight excluding hydrogens is 321 g/mol. The van der Waals surface area contributed by atoms with E-state index < -0.39 is 8.32 Å². The van der Waals surface area contributed by atoms with Crippen LogP contribution in [0.1, 0.15) is 26.3 Å². The Kier molecular flexibility index (Phi) is 5.13. The molecule has 0 spiro atoms. The quantitative estimate of drug-likeness (QED) is 0.335. The van der Waals surface area contributed by atoms with Crippen molar-refractivity contribution in [2.24, 2.45) is 5.16 Å². The Morgan fingerprint density at radius 3 is 2.21 bits per heavy atom. The van der Waals surface area contributed by atoms with Crippen LogP contribution in [0.15, 0.2) is 47.6 Å². The highest BCUT2D eigenvalue weighted by molar-refractivity contribution is 6.74. The summed E-state index contributed by atoms with van der Waals surface area (Å²) in [7, 11) is -1.88. The van der Waals surface area contributed by atoms with E-state index in [4.69, 9.17) is 9.63 Å². The van der Waals surface area contributed by atoms with Gasteiger partial charge in [-0.05, 0) is 47.5 Å². The lowest BCUT2D eigenvalue weighted by atomic mass is 10.0. The number of hydrogen-bond donors (Lipinski definition) is 1. The van der Waals surface area contributed by atoms with Crippen molar-refractivity contribution in [3.05, 3.63) is 53.8 Å². The summed E-state index contributed by atoms with van der Waals surface area (Å²) < 4.78 is 20.5. The van der Waals surface area contributed by atoms with Crippen LogP contribution >= 0.6 is 0 Å². The molecule has 0 aliphatic carbocycles. The zero-order valence-corrected chi connectivity index (χ0v) is 15.8. The van der Waals surface area contributed by atoms with Crippen LogP contribution in [-0.2, 0) is 0 Å². The predicted molar refractivity (Wildman–Crippen MR) is 99.0 cm³/mol. The average Bonchev–Trinajstić information content (AvgIpc) is 2.47. The molecule has 0 saturated carbocycles. The molecule has 0 aromatic heterocycles. The second-order valence-corrected chi connectivity index (χ2v) is 12.1. The molecular formula is C19H24FNO2Si. The van der Waals surface area contributed by atoms with Crippen molar-refractivity contribution in [1.82, 2.24) is 0 Å². The molecule has 3 nitrogen and oxygen atoms in total. The second kappa shape index (κ2) is 6.77. The van der Waals surface area contributed by atoms with Gasteiger partial charge in [-0.15, -0.1) is 0 Å². The van der Waals surface area contributed by atoms with Gasteiger partial charge >= 0.3 is 0 Å². The lowest BCUT2D eigenvalue weighted by Gasteiger charge is -2.36. The molecule has 0 heterocycles. The minimum Gasteiger partial charge on any atom is -0.544 e. The first-order chi connectivity index (χ1) is 11.1. The van der Waals surface area contributed by atoms with Crippen LogP contribution in [-0.4, -0.2) is 19.7 Å². The molecule has 2 aromatic carbocycles. The van der Waals surface area contributed by atoms with Crippen molar-refractivity contribution in [2.45, 2.75) is 38.9 Å². The standard InChI is InChI=1S/C19H24FNO2Si/c1-19(2,3)24(4,5)23-16-9-7-15(8-10-16)17-11-6-14(13-21-22)12-18(17)20/h6-13,22H,1-5H3. The van der Waals surface area contributed by atoms with E-state index in [1.807, 2.05) is 24.3 Å². The van der Waals surface area contributed by atoms with Gasteiger partial charge in [0.1, 0.15) is 11.6 Å². The van der Waals surface area contributed by atoms with Gasteiger partial charge in [-0.3, -0.25) is 0 Å². The number of hydrogen-bond acceptors (Lipinski definition) is 3. The van der Waals surface area contributed by atoms with Crippen LogP contribution in [0.5, 0.6) is 5.75 Å². The van der Waals surface area contributed by atoms with E-state index in [9.17, 15) is 4.39 Å². The zero-order valence-electron chi connectivity index (χ0n) is 14.8. The predicted octanol–water partition coefficient (Wildman–Crippen LogP) is 5.68. The minimum absolute atomic E-state index is 0.127. The Bertz CT molecular complexity index is 734. The van der Waals surface area contributed by atoms with E-state index in [1.54, 1.807) is 12.1 Å². The fourth-order valence-corrected chi connectivity index (χ4v) is 3.09. The van der Waals surface area contributed by atoms with E-state index in [1.165, 1.54) is 12.3 Å². The highest BCUT2D eigenvalue weighted by atomic mass is 28.4. The summed E-state index contributed by atoms with van der Waals surface area (Å²) in [5.74, 6) is 0.459. The fourth-order valence-electron chi connectivity index (χ4n) is 2.06. The topological polar surface area (TPSA) is 41.8 Å². The Labute approximate surface area is 143 Å². The third-order valence-corrected chi connectivity index (χ3v) is 8.90. The molecule has 0 saturated heterocycles. The Hall–Kier alpha value is -2.14. The number of rotatable bonds is 4. The molecule has 0 aliphatic rings. The normalized spacial score (nSPS) is 12.6. The van der Waals surface area contributed by atoms with Gasteiger partial charge in [0, 0.05) is 5.56 Å². The van der Waals surface area contributed by atoms with Gasteiger partial charge < -0.3 is 9.63 Å². The maximum Gasteiger partial charge on any atom is 0.250 e. The van der Waals surface area contributed by atoms with Crippen LogP contribution in [0.25, 0.3) is 11.1 Å². The van der Waals surface area contributed by atoms with Crippen molar-refractivity contribution in [3.63, 3.8) is 0 Å². The SMILES string of the molecule is CC(C)(C)[Si](C)(C)Oc1ccc(-c2ccc(C=NO)cc2F)cc1. The summed E-state index contributed by atoms with van der Waals surface area (Å²) in [5, 5.41) is 11.6. The van der Waals surface area contributed by atoms with Gasteiger partial charge in [0.2, 0.25) is 8.32 Å². The van der Waals surface area contributed by atoms with Crippen LogP contribution in [0.3, 0.4) is 0 Å². The van der Waals surface area contributed by atoms with Crippen molar-refractivity contribution >= 4 is 14.5 Å². The molecule has 0 aliphatic heterocycles. The molecule has 2 aromatic rings. The summed E-state index contributed by atoms with van der Waals surface area (Å²) in [6.07, 6.45) is 1.20. The Morgan fingerprint density at radius 1 is 1.08 bits per heavy atom. The molecule has 0 unspecified atom stereocenters. The lowest BCUT2D eigenvalue weighted by Crippen LogP contribution is -2.43. The lowest BCUT2D eigenvalue weighted by molar-refractivity contribution is 0.322. The largest absolute Gasteiger partial charge is 0.544 e. The van der Waals surface area contributed by atoms with Gasteiger partial charge in [0.05, 0.1) is 6.21 Å². The van der Waals surface area contributed by atoms with Crippen molar-refractivity contribution < 1.29 is 14.0 Å². The van der Waals surface area contributed by atoms with Gasteiger partial charge in [-0.2, -0.15) is 0 Å². The van der Waals surface area contributed by atoms with Crippen molar-refractivity contribution in [2.75, 3.05) is 0 Å². The minimum atomic E-state index is -1.88. The number of benzene rings is 2. The number of halogens is 1. The van der Waals surface area contributed by atoms with Crippen LogP contribution < -0.4 is 4.43 Å². The van der Waals surface area contributed by atoms with Crippen molar-refractivity contribution in [3.8, 4) is 16.9 Å². The van der Waals surface area contributed by atoms with Crippen LogP contribution in [0.4, 0.5) is 4.39 Å². The number of nitrogens with zero attached hydrogens (tertiary/aromatic N) is 1. The monoisotopic (exact) mass is 345 g/mol.